The van der Waals surface area contributed by atoms with Gasteiger partial charge in [-0.15, -0.1) is 0 Å². The van der Waals surface area contributed by atoms with Gasteiger partial charge in [-0.2, -0.15) is 0 Å². The van der Waals surface area contributed by atoms with Crippen molar-refractivity contribution < 1.29 is 17.6 Å². The second kappa shape index (κ2) is 6.06. The topological polar surface area (TPSA) is 66.5 Å². The average molecular weight is 384 g/mol. The van der Waals surface area contributed by atoms with Gasteiger partial charge >= 0.3 is 0 Å². The fraction of sp³-hybridized carbons (Fsp3) is 0.150. The molecule has 0 saturated heterocycles. The van der Waals surface area contributed by atoms with Crippen LogP contribution < -0.4 is 9.62 Å². The van der Waals surface area contributed by atoms with Crippen molar-refractivity contribution in [1.82, 2.24) is 0 Å². The third kappa shape index (κ3) is 2.66. The number of carbonyl (C=O) groups is 1. The van der Waals surface area contributed by atoms with Crippen LogP contribution in [0.25, 0.3) is 10.8 Å². The number of nitrogens with one attached hydrogen (secondary N) is 1. The van der Waals surface area contributed by atoms with Crippen LogP contribution in [0.5, 0.6) is 0 Å². The van der Waals surface area contributed by atoms with Crippen LogP contribution in [0, 0.1) is 12.7 Å². The number of rotatable bonds is 3. The highest BCUT2D eigenvalue weighted by Crippen LogP contribution is 2.43. The Hall–Kier alpha value is -2.93. The van der Waals surface area contributed by atoms with E-state index in [1.807, 2.05) is 12.1 Å². The van der Waals surface area contributed by atoms with Crippen molar-refractivity contribution in [2.24, 2.45) is 0 Å². The Morgan fingerprint density at radius 2 is 1.81 bits per heavy atom. The zero-order valence-electron chi connectivity index (χ0n) is 14.7. The molecule has 0 spiro atoms. The fourth-order valence-electron chi connectivity index (χ4n) is 3.36. The van der Waals surface area contributed by atoms with Crippen LogP contribution >= 0.6 is 0 Å². The van der Waals surface area contributed by atoms with E-state index < -0.39 is 27.8 Å². The lowest BCUT2D eigenvalue weighted by Crippen LogP contribution is -2.44. The molecule has 1 unspecified atom stereocenters. The molecule has 138 valence electrons. The summed E-state index contributed by atoms with van der Waals surface area (Å²) in [5, 5.41) is 4.01. The standard InChI is InChI=1S/C20H17FN2O3S/c1-12-9-10-15(11-16(12)21)22-20(24)13(2)23-17-7-3-5-14-6-4-8-18(19(14)17)27(23,25)26/h3-11,13H,1-2H3,(H,22,24). The van der Waals surface area contributed by atoms with E-state index in [9.17, 15) is 17.6 Å². The highest BCUT2D eigenvalue weighted by Gasteiger charge is 2.40. The summed E-state index contributed by atoms with van der Waals surface area (Å²) in [4.78, 5) is 12.9. The molecule has 0 bridgehead atoms. The molecule has 0 fully saturated rings. The summed E-state index contributed by atoms with van der Waals surface area (Å²) in [5.41, 5.74) is 1.22. The second-order valence-electron chi connectivity index (χ2n) is 6.56. The number of nitrogens with zero attached hydrogens (tertiary/aromatic N) is 1. The molecule has 27 heavy (non-hydrogen) atoms. The summed E-state index contributed by atoms with van der Waals surface area (Å²) < 4.78 is 41.0. The van der Waals surface area contributed by atoms with Gasteiger partial charge in [0.25, 0.3) is 10.0 Å². The first-order valence-corrected chi connectivity index (χ1v) is 9.88. The van der Waals surface area contributed by atoms with Gasteiger partial charge in [-0.1, -0.05) is 30.3 Å². The molecular weight excluding hydrogens is 367 g/mol. The normalized spacial score (nSPS) is 15.7. The Labute approximate surface area is 156 Å². The molecule has 1 heterocycles. The molecule has 0 saturated carbocycles. The minimum atomic E-state index is -3.85. The number of sulfonamides is 1. The van der Waals surface area contributed by atoms with Crippen molar-refractivity contribution in [2.75, 3.05) is 9.62 Å². The molecule has 1 amide bonds. The Morgan fingerprint density at radius 3 is 2.52 bits per heavy atom. The molecule has 5 nitrogen and oxygen atoms in total. The number of aryl methyl sites for hydroxylation is 1. The van der Waals surface area contributed by atoms with E-state index in [2.05, 4.69) is 5.32 Å². The van der Waals surface area contributed by atoms with Crippen molar-refractivity contribution in [3.05, 3.63) is 66.0 Å². The van der Waals surface area contributed by atoms with Gasteiger partial charge in [-0.25, -0.2) is 12.8 Å². The number of carbonyl (C=O) groups excluding carboxylic acids is 1. The first kappa shape index (κ1) is 17.5. The summed E-state index contributed by atoms with van der Waals surface area (Å²) >= 11 is 0. The molecule has 0 aromatic heterocycles. The van der Waals surface area contributed by atoms with E-state index in [0.717, 1.165) is 9.69 Å². The molecule has 1 aliphatic heterocycles. The maximum absolute atomic E-state index is 13.7. The van der Waals surface area contributed by atoms with Gasteiger partial charge in [0.2, 0.25) is 5.91 Å². The predicted octanol–water partition coefficient (Wildman–Crippen LogP) is 3.82. The number of hydrogen-bond donors (Lipinski definition) is 1. The molecule has 1 aliphatic rings. The highest BCUT2D eigenvalue weighted by atomic mass is 32.2. The molecule has 0 aliphatic carbocycles. The van der Waals surface area contributed by atoms with Gasteiger partial charge in [-0.3, -0.25) is 9.10 Å². The van der Waals surface area contributed by atoms with Crippen LogP contribution in [-0.4, -0.2) is 20.4 Å². The molecule has 7 heteroatoms. The smallest absolute Gasteiger partial charge is 0.265 e. The number of amides is 1. The van der Waals surface area contributed by atoms with Crippen LogP contribution in [0.3, 0.4) is 0 Å². The summed E-state index contributed by atoms with van der Waals surface area (Å²) in [6.45, 7) is 3.14. The Kier molecular flexibility index (Phi) is 3.92. The largest absolute Gasteiger partial charge is 0.324 e. The van der Waals surface area contributed by atoms with Crippen molar-refractivity contribution >= 4 is 38.1 Å². The lowest BCUT2D eigenvalue weighted by Gasteiger charge is -2.25. The molecule has 4 rings (SSSR count). The van der Waals surface area contributed by atoms with Gasteiger partial charge in [-0.05, 0) is 49.1 Å². The van der Waals surface area contributed by atoms with E-state index in [0.29, 0.717) is 16.6 Å². The maximum Gasteiger partial charge on any atom is 0.265 e. The van der Waals surface area contributed by atoms with Crippen molar-refractivity contribution in [2.45, 2.75) is 24.8 Å². The van der Waals surface area contributed by atoms with E-state index in [-0.39, 0.29) is 10.6 Å². The van der Waals surface area contributed by atoms with Crippen LogP contribution in [0.4, 0.5) is 15.8 Å². The number of hydrogen-bond acceptors (Lipinski definition) is 3. The number of halogens is 1. The Bertz CT molecular complexity index is 1190. The van der Waals surface area contributed by atoms with Crippen LogP contribution in [-0.2, 0) is 14.8 Å². The molecule has 0 radical (unpaired) electrons. The molecular formula is C20H17FN2O3S. The van der Waals surface area contributed by atoms with Gasteiger partial charge in [0.05, 0.1) is 10.6 Å². The minimum absolute atomic E-state index is 0.191. The van der Waals surface area contributed by atoms with Gasteiger partial charge in [0.1, 0.15) is 11.9 Å². The predicted molar refractivity (Wildman–Crippen MR) is 103 cm³/mol. The zero-order valence-corrected chi connectivity index (χ0v) is 15.5. The number of benzene rings is 3. The quantitative estimate of drug-likeness (QED) is 0.746. The van der Waals surface area contributed by atoms with E-state index >= 15 is 0 Å². The third-order valence-electron chi connectivity index (χ3n) is 4.79. The molecule has 3 aromatic carbocycles. The highest BCUT2D eigenvalue weighted by molar-refractivity contribution is 7.93. The summed E-state index contributed by atoms with van der Waals surface area (Å²) in [6.07, 6.45) is 0. The van der Waals surface area contributed by atoms with E-state index in [4.69, 9.17) is 0 Å². The first-order chi connectivity index (χ1) is 12.8. The van der Waals surface area contributed by atoms with Crippen LogP contribution in [0.1, 0.15) is 12.5 Å². The van der Waals surface area contributed by atoms with E-state index in [1.54, 1.807) is 43.3 Å². The summed E-state index contributed by atoms with van der Waals surface area (Å²) in [5.74, 6) is -0.974. The van der Waals surface area contributed by atoms with Crippen molar-refractivity contribution in [3.63, 3.8) is 0 Å². The van der Waals surface area contributed by atoms with Crippen molar-refractivity contribution in [3.8, 4) is 0 Å². The fourth-order valence-corrected chi connectivity index (χ4v) is 5.23. The second-order valence-corrected chi connectivity index (χ2v) is 8.34. The van der Waals surface area contributed by atoms with E-state index in [1.165, 1.54) is 13.0 Å². The maximum atomic E-state index is 13.7. The molecule has 3 aromatic rings. The average Bonchev–Trinajstić information content (AvgIpc) is 2.87. The lowest BCUT2D eigenvalue weighted by atomic mass is 10.1. The molecule has 1 atom stereocenters. The van der Waals surface area contributed by atoms with Crippen LogP contribution in [0.15, 0.2) is 59.5 Å². The summed E-state index contributed by atoms with van der Waals surface area (Å²) in [6, 6.07) is 13.7. The van der Waals surface area contributed by atoms with Gasteiger partial charge in [0, 0.05) is 11.1 Å². The van der Waals surface area contributed by atoms with Crippen LogP contribution in [0.2, 0.25) is 0 Å². The van der Waals surface area contributed by atoms with Gasteiger partial charge in [0.15, 0.2) is 0 Å². The molecule has 1 N–H and O–H groups in total. The lowest BCUT2D eigenvalue weighted by molar-refractivity contribution is -0.116. The van der Waals surface area contributed by atoms with Crippen molar-refractivity contribution in [1.29, 1.82) is 0 Å². The third-order valence-corrected chi connectivity index (χ3v) is 6.72. The first-order valence-electron chi connectivity index (χ1n) is 8.44. The monoisotopic (exact) mass is 384 g/mol. The Morgan fingerprint density at radius 1 is 1.11 bits per heavy atom. The number of anilines is 2. The SMILES string of the molecule is Cc1ccc(NC(=O)C(C)N2c3cccc4cccc(c34)S2(=O)=O)cc1F. The minimum Gasteiger partial charge on any atom is -0.324 e. The zero-order chi connectivity index (χ0) is 19.3. The summed E-state index contributed by atoms with van der Waals surface area (Å²) in [7, 11) is -3.85. The Balaban J connectivity index is 1.72. The van der Waals surface area contributed by atoms with Gasteiger partial charge < -0.3 is 5.32 Å².